The van der Waals surface area contributed by atoms with E-state index in [-0.39, 0.29) is 11.1 Å². The molecule has 0 saturated carbocycles. The van der Waals surface area contributed by atoms with E-state index in [0.29, 0.717) is 0 Å². The molecule has 4 heteroatoms. The Kier molecular flexibility index (Phi) is 5.15. The van der Waals surface area contributed by atoms with Gasteiger partial charge in [-0.15, -0.1) is 0 Å². The van der Waals surface area contributed by atoms with Crippen molar-refractivity contribution in [1.82, 2.24) is 9.97 Å². The smallest absolute Gasteiger partial charge is 0.262 e. The molecule has 0 amide bonds. The predicted octanol–water partition coefficient (Wildman–Crippen LogP) is 5.20. The Labute approximate surface area is 173 Å². The van der Waals surface area contributed by atoms with E-state index in [1.165, 1.54) is 10.4 Å². The maximum Gasteiger partial charge on any atom is 0.262 e. The number of fused-ring (bicyclic) bond motifs is 1. The van der Waals surface area contributed by atoms with Crippen LogP contribution in [0.2, 0.25) is 5.04 Å². The van der Waals surface area contributed by atoms with Gasteiger partial charge in [-0.2, -0.15) is 0 Å². The molecular formula is C25H28N2OSi. The Balaban J connectivity index is 1.85. The van der Waals surface area contributed by atoms with E-state index in [1.54, 1.807) is 0 Å². The monoisotopic (exact) mass is 400 g/mol. The first-order valence-corrected chi connectivity index (χ1v) is 12.1. The van der Waals surface area contributed by atoms with Gasteiger partial charge in [-0.05, 0) is 34.5 Å². The number of aromatic nitrogens is 2. The third kappa shape index (κ3) is 3.54. The number of benzene rings is 3. The highest BCUT2D eigenvalue weighted by Crippen LogP contribution is 2.39. The second kappa shape index (κ2) is 7.62. The molecule has 0 spiro atoms. The summed E-state index contributed by atoms with van der Waals surface area (Å²) in [5.41, 5.74) is 2.01. The van der Waals surface area contributed by atoms with Gasteiger partial charge in [0.15, 0.2) is 0 Å². The lowest BCUT2D eigenvalue weighted by Gasteiger charge is -2.44. The molecule has 0 bridgehead atoms. The van der Waals surface area contributed by atoms with Crippen molar-refractivity contribution in [3.63, 3.8) is 0 Å². The number of hydrogen-bond donors (Lipinski definition) is 1. The van der Waals surface area contributed by atoms with Crippen molar-refractivity contribution in [3.8, 4) is 0 Å². The van der Waals surface area contributed by atoms with Crippen LogP contribution in [0.3, 0.4) is 0 Å². The van der Waals surface area contributed by atoms with Gasteiger partial charge in [0, 0.05) is 0 Å². The molecule has 148 valence electrons. The van der Waals surface area contributed by atoms with Gasteiger partial charge < -0.3 is 9.41 Å². The van der Waals surface area contributed by atoms with Gasteiger partial charge in [0.05, 0.1) is 11.0 Å². The first-order valence-electron chi connectivity index (χ1n) is 10.2. The summed E-state index contributed by atoms with van der Waals surface area (Å²) in [4.78, 5) is 8.27. The van der Waals surface area contributed by atoms with E-state index in [0.717, 1.165) is 16.9 Å². The Bertz CT molecular complexity index is 1010. The second-order valence-electron chi connectivity index (χ2n) is 8.56. The number of nitrogens with one attached hydrogen (secondary N) is 1. The van der Waals surface area contributed by atoms with Crippen LogP contribution < -0.4 is 10.4 Å². The number of aromatic amines is 1. The summed E-state index contributed by atoms with van der Waals surface area (Å²) in [6.07, 6.45) is -0.159. The number of nitrogens with zero attached hydrogens (tertiary/aromatic N) is 1. The molecule has 1 atom stereocenters. The number of rotatable bonds is 5. The van der Waals surface area contributed by atoms with E-state index in [9.17, 15) is 0 Å². The summed E-state index contributed by atoms with van der Waals surface area (Å²) in [6.45, 7) is 9.00. The fourth-order valence-electron chi connectivity index (χ4n) is 4.18. The predicted molar refractivity (Wildman–Crippen MR) is 123 cm³/mol. The average molecular weight is 401 g/mol. The molecular weight excluding hydrogens is 372 g/mol. The van der Waals surface area contributed by atoms with Crippen molar-refractivity contribution in [1.29, 1.82) is 0 Å². The summed E-state index contributed by atoms with van der Waals surface area (Å²) in [5.74, 6) is 0.874. The van der Waals surface area contributed by atoms with Crippen LogP contribution in [0.15, 0.2) is 84.9 Å². The molecule has 3 nitrogen and oxygen atoms in total. The molecule has 1 heterocycles. The van der Waals surface area contributed by atoms with E-state index in [2.05, 4.69) is 99.4 Å². The van der Waals surface area contributed by atoms with Crippen LogP contribution in [0.25, 0.3) is 11.0 Å². The minimum absolute atomic E-state index is 0.0595. The van der Waals surface area contributed by atoms with Gasteiger partial charge in [0.25, 0.3) is 8.32 Å². The summed E-state index contributed by atoms with van der Waals surface area (Å²) in [6, 6.07) is 29.6. The lowest BCUT2D eigenvalue weighted by atomic mass is 10.2. The van der Waals surface area contributed by atoms with Crippen LogP contribution in [-0.2, 0) is 4.43 Å². The highest BCUT2D eigenvalue weighted by Gasteiger charge is 2.51. The fraction of sp³-hybridized carbons (Fsp3) is 0.240. The van der Waals surface area contributed by atoms with Crippen molar-refractivity contribution in [2.45, 2.75) is 38.8 Å². The third-order valence-corrected chi connectivity index (χ3v) is 10.7. The van der Waals surface area contributed by atoms with Crippen molar-refractivity contribution in [3.05, 3.63) is 90.8 Å². The molecule has 4 aromatic rings. The molecule has 0 aliphatic rings. The summed E-state index contributed by atoms with van der Waals surface area (Å²) >= 11 is 0. The van der Waals surface area contributed by atoms with Crippen LogP contribution >= 0.6 is 0 Å². The molecule has 0 aliphatic heterocycles. The van der Waals surface area contributed by atoms with Gasteiger partial charge in [-0.25, -0.2) is 4.98 Å². The van der Waals surface area contributed by atoms with Crippen LogP contribution in [0.4, 0.5) is 0 Å². The standard InChI is InChI=1S/C25H28N2OSi/c1-19(24-26-22-17-11-12-18-23(22)27-24)28-29(25(2,3)4,20-13-7-5-8-14-20)21-15-9-6-10-16-21/h5-19H,1-4H3,(H,26,27)/t19-/m0/s1. The molecule has 0 fully saturated rings. The molecule has 1 aromatic heterocycles. The zero-order valence-electron chi connectivity index (χ0n) is 17.5. The summed E-state index contributed by atoms with van der Waals surface area (Å²) in [7, 11) is -2.60. The van der Waals surface area contributed by atoms with E-state index in [1.807, 2.05) is 18.2 Å². The largest absolute Gasteiger partial charge is 0.398 e. The quantitative estimate of drug-likeness (QED) is 0.468. The Hall–Kier alpha value is -2.69. The van der Waals surface area contributed by atoms with Crippen LogP contribution in [0, 0.1) is 0 Å². The lowest BCUT2D eigenvalue weighted by molar-refractivity contribution is 0.202. The van der Waals surface area contributed by atoms with E-state index < -0.39 is 8.32 Å². The Morgan fingerprint density at radius 2 is 1.31 bits per heavy atom. The van der Waals surface area contributed by atoms with Crippen LogP contribution in [-0.4, -0.2) is 18.3 Å². The van der Waals surface area contributed by atoms with Crippen LogP contribution in [0.1, 0.15) is 39.6 Å². The number of para-hydroxylation sites is 2. The van der Waals surface area contributed by atoms with Crippen molar-refractivity contribution in [2.24, 2.45) is 0 Å². The van der Waals surface area contributed by atoms with Gasteiger partial charge in [-0.1, -0.05) is 93.6 Å². The summed E-state index contributed by atoms with van der Waals surface area (Å²) < 4.78 is 7.14. The van der Waals surface area contributed by atoms with E-state index in [4.69, 9.17) is 9.41 Å². The SMILES string of the molecule is C[C@H](O[Si](c1ccccc1)(c1ccccc1)C(C)(C)C)c1nc2ccccc2[nH]1. The van der Waals surface area contributed by atoms with Gasteiger partial charge in [0.2, 0.25) is 0 Å². The molecule has 0 radical (unpaired) electrons. The lowest BCUT2D eigenvalue weighted by Crippen LogP contribution is -2.66. The zero-order chi connectivity index (χ0) is 20.5. The highest BCUT2D eigenvalue weighted by atomic mass is 28.4. The Morgan fingerprint density at radius 3 is 1.83 bits per heavy atom. The van der Waals surface area contributed by atoms with Crippen LogP contribution in [0.5, 0.6) is 0 Å². The minimum atomic E-state index is -2.60. The first-order chi connectivity index (χ1) is 13.9. The number of hydrogen-bond acceptors (Lipinski definition) is 2. The molecule has 0 saturated heterocycles. The molecule has 3 aromatic carbocycles. The van der Waals surface area contributed by atoms with Crippen molar-refractivity contribution >= 4 is 29.7 Å². The molecule has 4 rings (SSSR count). The molecule has 0 unspecified atom stereocenters. The number of imidazole rings is 1. The Morgan fingerprint density at radius 1 is 0.793 bits per heavy atom. The normalized spacial score (nSPS) is 13.5. The molecule has 29 heavy (non-hydrogen) atoms. The maximum absolute atomic E-state index is 7.14. The van der Waals surface area contributed by atoms with Crippen molar-refractivity contribution in [2.75, 3.05) is 0 Å². The van der Waals surface area contributed by atoms with Gasteiger partial charge in [0.1, 0.15) is 11.9 Å². The maximum atomic E-state index is 7.14. The average Bonchev–Trinajstić information content (AvgIpc) is 3.17. The summed E-state index contributed by atoms with van der Waals surface area (Å²) in [5, 5.41) is 2.50. The third-order valence-electron chi connectivity index (χ3n) is 5.56. The topological polar surface area (TPSA) is 37.9 Å². The minimum Gasteiger partial charge on any atom is -0.398 e. The van der Waals surface area contributed by atoms with Crippen molar-refractivity contribution < 1.29 is 4.43 Å². The first kappa shape index (κ1) is 19.6. The fourth-order valence-corrected chi connectivity index (χ4v) is 8.83. The highest BCUT2D eigenvalue weighted by molar-refractivity contribution is 6.99. The van der Waals surface area contributed by atoms with Gasteiger partial charge in [-0.3, -0.25) is 0 Å². The molecule has 0 aliphatic carbocycles. The molecule has 1 N–H and O–H groups in total. The second-order valence-corrected chi connectivity index (χ2v) is 12.8. The number of H-pyrrole nitrogens is 1. The zero-order valence-corrected chi connectivity index (χ0v) is 18.5. The van der Waals surface area contributed by atoms with E-state index >= 15 is 0 Å². The van der Waals surface area contributed by atoms with Gasteiger partial charge >= 0.3 is 0 Å².